The molecule has 0 radical (unpaired) electrons. The lowest BCUT2D eigenvalue weighted by atomic mass is 9.61. The van der Waals surface area contributed by atoms with Crippen LogP contribution in [0.1, 0.15) is 56.9 Å². The van der Waals surface area contributed by atoms with Gasteiger partial charge in [-0.15, -0.1) is 0 Å². The maximum atomic E-state index is 11.7. The Morgan fingerprint density at radius 3 is 2.62 bits per heavy atom. The summed E-state index contributed by atoms with van der Waals surface area (Å²) in [5.74, 6) is 2.52. The van der Waals surface area contributed by atoms with Crippen molar-refractivity contribution < 1.29 is 9.84 Å². The van der Waals surface area contributed by atoms with Crippen molar-refractivity contribution in [1.82, 2.24) is 4.90 Å². The van der Waals surface area contributed by atoms with Gasteiger partial charge in [-0.05, 0) is 82.2 Å². The minimum Gasteiger partial charge on any atom is -0.497 e. The van der Waals surface area contributed by atoms with Crippen LogP contribution in [0.2, 0.25) is 0 Å². The predicted octanol–water partition coefficient (Wildman–Crippen LogP) is 4.53. The molecule has 3 unspecified atom stereocenters. The Balaban J connectivity index is 1.70. The summed E-state index contributed by atoms with van der Waals surface area (Å²) >= 11 is 0. The molecule has 3 heteroatoms. The van der Waals surface area contributed by atoms with E-state index in [4.69, 9.17) is 4.74 Å². The zero-order valence-electron chi connectivity index (χ0n) is 16.9. The maximum Gasteiger partial charge on any atom is 0.119 e. The van der Waals surface area contributed by atoms with Crippen LogP contribution in [0.5, 0.6) is 5.75 Å². The Bertz CT molecular complexity index is 567. The Morgan fingerprint density at radius 1 is 1.15 bits per heavy atom. The van der Waals surface area contributed by atoms with Gasteiger partial charge in [0.1, 0.15) is 5.75 Å². The number of methoxy groups -OCH3 is 1. The van der Waals surface area contributed by atoms with Gasteiger partial charge in [-0.2, -0.15) is 0 Å². The van der Waals surface area contributed by atoms with E-state index in [-0.39, 0.29) is 0 Å². The Labute approximate surface area is 159 Å². The van der Waals surface area contributed by atoms with Crippen molar-refractivity contribution in [2.45, 2.75) is 63.4 Å². The first-order valence-electron chi connectivity index (χ1n) is 10.5. The number of hydrogen-bond acceptors (Lipinski definition) is 3. The van der Waals surface area contributed by atoms with E-state index in [0.29, 0.717) is 17.8 Å². The number of benzene rings is 1. The second-order valence-electron chi connectivity index (χ2n) is 8.98. The number of aliphatic hydroxyl groups is 1. The van der Waals surface area contributed by atoms with Gasteiger partial charge in [-0.1, -0.05) is 31.4 Å². The molecule has 3 rings (SSSR count). The van der Waals surface area contributed by atoms with Crippen molar-refractivity contribution in [3.63, 3.8) is 0 Å². The number of hydrogen-bond donors (Lipinski definition) is 1. The molecule has 0 bridgehead atoms. The van der Waals surface area contributed by atoms with Crippen LogP contribution in [0.4, 0.5) is 0 Å². The Morgan fingerprint density at radius 2 is 1.92 bits per heavy atom. The summed E-state index contributed by atoms with van der Waals surface area (Å²) in [6.07, 6.45) is 10.8. The van der Waals surface area contributed by atoms with Gasteiger partial charge >= 0.3 is 0 Å². The van der Waals surface area contributed by atoms with Crippen LogP contribution in [0.3, 0.4) is 0 Å². The topological polar surface area (TPSA) is 32.7 Å². The summed E-state index contributed by atoms with van der Waals surface area (Å²) in [7, 11) is 6.02. The van der Waals surface area contributed by atoms with Crippen molar-refractivity contribution in [2.75, 3.05) is 27.7 Å². The molecule has 3 nitrogen and oxygen atoms in total. The highest BCUT2D eigenvalue weighted by Gasteiger charge is 2.47. The molecule has 1 N–H and O–H groups in total. The molecule has 0 aromatic heterocycles. The van der Waals surface area contributed by atoms with E-state index in [9.17, 15) is 5.11 Å². The molecule has 0 amide bonds. The van der Waals surface area contributed by atoms with Crippen molar-refractivity contribution in [2.24, 2.45) is 17.8 Å². The molecule has 146 valence electrons. The van der Waals surface area contributed by atoms with Gasteiger partial charge in [0.15, 0.2) is 0 Å². The second kappa shape index (κ2) is 8.75. The molecule has 26 heavy (non-hydrogen) atoms. The van der Waals surface area contributed by atoms with Gasteiger partial charge in [0.05, 0.1) is 12.7 Å². The summed E-state index contributed by atoms with van der Waals surface area (Å²) in [5.41, 5.74) is 0.913. The smallest absolute Gasteiger partial charge is 0.119 e. The molecule has 0 saturated heterocycles. The van der Waals surface area contributed by atoms with E-state index in [1.165, 1.54) is 37.7 Å². The summed E-state index contributed by atoms with van der Waals surface area (Å²) in [5, 5.41) is 11.7. The third-order valence-electron chi connectivity index (χ3n) is 6.83. The van der Waals surface area contributed by atoms with Gasteiger partial charge in [0.2, 0.25) is 0 Å². The predicted molar refractivity (Wildman–Crippen MR) is 108 cm³/mol. The number of rotatable bonds is 6. The molecule has 2 aliphatic rings. The standard InChI is InChI=1S/C23H37NO2/c1-24(2)17-21-15-19(14-18-8-7-11-22(16-18)26-3)12-13-23(21,25)20-9-5-4-6-10-20/h7-8,11,16,19-21,25H,4-6,9-10,12-15,17H2,1-3H3. The van der Waals surface area contributed by atoms with Gasteiger partial charge < -0.3 is 14.7 Å². The molecule has 2 saturated carbocycles. The monoisotopic (exact) mass is 359 g/mol. The zero-order chi connectivity index (χ0) is 18.6. The number of ether oxygens (including phenoxy) is 1. The first-order chi connectivity index (χ1) is 12.5. The largest absolute Gasteiger partial charge is 0.497 e. The highest BCUT2D eigenvalue weighted by atomic mass is 16.5. The lowest BCUT2D eigenvalue weighted by molar-refractivity contribution is -0.119. The molecular formula is C23H37NO2. The van der Waals surface area contributed by atoms with Gasteiger partial charge in [0.25, 0.3) is 0 Å². The molecule has 0 heterocycles. The van der Waals surface area contributed by atoms with E-state index in [2.05, 4.69) is 37.2 Å². The van der Waals surface area contributed by atoms with E-state index in [1.54, 1.807) is 7.11 Å². The average molecular weight is 360 g/mol. The lowest BCUT2D eigenvalue weighted by Crippen LogP contribution is -2.52. The first kappa shape index (κ1) is 19.7. The van der Waals surface area contributed by atoms with Crippen molar-refractivity contribution in [3.05, 3.63) is 29.8 Å². The van der Waals surface area contributed by atoms with Crippen LogP contribution >= 0.6 is 0 Å². The fraction of sp³-hybridized carbons (Fsp3) is 0.739. The normalized spacial score (nSPS) is 30.5. The van der Waals surface area contributed by atoms with Crippen molar-refractivity contribution in [3.8, 4) is 5.75 Å². The number of nitrogens with zero attached hydrogens (tertiary/aromatic N) is 1. The van der Waals surface area contributed by atoms with Crippen LogP contribution in [-0.2, 0) is 6.42 Å². The molecule has 0 spiro atoms. The quantitative estimate of drug-likeness (QED) is 0.810. The zero-order valence-corrected chi connectivity index (χ0v) is 16.9. The Kier molecular flexibility index (Phi) is 6.63. The van der Waals surface area contributed by atoms with Crippen LogP contribution in [0, 0.1) is 17.8 Å². The highest BCUT2D eigenvalue weighted by Crippen LogP contribution is 2.47. The fourth-order valence-electron chi connectivity index (χ4n) is 5.50. The van der Waals surface area contributed by atoms with Gasteiger partial charge in [-0.3, -0.25) is 0 Å². The molecule has 3 atom stereocenters. The third kappa shape index (κ3) is 4.61. The summed E-state index contributed by atoms with van der Waals surface area (Å²) < 4.78 is 5.38. The minimum atomic E-state index is -0.449. The van der Waals surface area contributed by atoms with E-state index in [1.807, 2.05) is 6.07 Å². The minimum absolute atomic E-state index is 0.393. The van der Waals surface area contributed by atoms with Crippen molar-refractivity contribution >= 4 is 0 Å². The van der Waals surface area contributed by atoms with E-state index >= 15 is 0 Å². The molecule has 2 aliphatic carbocycles. The fourth-order valence-corrected chi connectivity index (χ4v) is 5.50. The molecule has 0 aliphatic heterocycles. The summed E-state index contributed by atoms with van der Waals surface area (Å²) in [4.78, 5) is 2.27. The van der Waals surface area contributed by atoms with Crippen LogP contribution in [0.15, 0.2) is 24.3 Å². The van der Waals surface area contributed by atoms with E-state index in [0.717, 1.165) is 38.0 Å². The average Bonchev–Trinajstić information content (AvgIpc) is 2.65. The van der Waals surface area contributed by atoms with E-state index < -0.39 is 5.60 Å². The van der Waals surface area contributed by atoms with Gasteiger partial charge in [-0.25, -0.2) is 0 Å². The lowest BCUT2D eigenvalue weighted by Gasteiger charge is -2.49. The third-order valence-corrected chi connectivity index (χ3v) is 6.83. The molecule has 2 fully saturated rings. The first-order valence-corrected chi connectivity index (χ1v) is 10.5. The highest BCUT2D eigenvalue weighted by molar-refractivity contribution is 5.28. The Hall–Kier alpha value is -1.06. The van der Waals surface area contributed by atoms with Crippen LogP contribution in [-0.4, -0.2) is 43.4 Å². The second-order valence-corrected chi connectivity index (χ2v) is 8.98. The SMILES string of the molecule is COc1cccc(CC2CCC(O)(C3CCCCC3)C(CN(C)C)C2)c1. The summed E-state index contributed by atoms with van der Waals surface area (Å²) in [6, 6.07) is 8.49. The van der Waals surface area contributed by atoms with Crippen LogP contribution < -0.4 is 4.74 Å². The molecule has 1 aromatic rings. The van der Waals surface area contributed by atoms with Gasteiger partial charge in [0, 0.05) is 12.5 Å². The maximum absolute atomic E-state index is 11.7. The van der Waals surface area contributed by atoms with Crippen molar-refractivity contribution in [1.29, 1.82) is 0 Å². The molecular weight excluding hydrogens is 322 g/mol. The summed E-state index contributed by atoms with van der Waals surface area (Å²) in [6.45, 7) is 1.00. The molecule has 1 aromatic carbocycles. The van der Waals surface area contributed by atoms with Crippen LogP contribution in [0.25, 0.3) is 0 Å².